The standard InChI is InChI=1S/C41H47N7O9S/c1-26(2)20-34-33(40(51)48-53)7-5-19-55-32-16-13-27(14-17-32)21-35(46-39(34)50)41(52)44-23-29-11-9-28(10-12-29)22-43-38(49)31-15-18-37(42-24-31)47-45-25-30-6-3-4-8-36(30)58-57-56-54/h3-4,6,8-18,24-26,33-35,53-54H,5,7,19-23H2,1-2H3,(H,42,47)(H,43,49)(H,44,52)(H,46,50)(H,48,51)/b45-25+/t33-,34+,35-/m0/s1. The maximum atomic E-state index is 13.8. The van der Waals surface area contributed by atoms with Crippen molar-refractivity contribution in [2.45, 2.75) is 63.6 Å². The second-order valence-electron chi connectivity index (χ2n) is 14.0. The maximum absolute atomic E-state index is 13.8. The van der Waals surface area contributed by atoms with Crippen LogP contribution in [0.5, 0.6) is 5.75 Å². The SMILES string of the molecule is CC(C)C[C@H]1C(=O)N[C@H](C(=O)NCc2ccc(CNC(=O)c3ccc(N/N=C/c4ccccc4SOOO)nc3)cc2)Cc2ccc(cc2)OCCC[C@@H]1C(=O)NO. The van der Waals surface area contributed by atoms with E-state index in [1.54, 1.807) is 42.0 Å². The van der Waals surface area contributed by atoms with E-state index in [0.29, 0.717) is 53.5 Å². The van der Waals surface area contributed by atoms with Crippen LogP contribution in [0.4, 0.5) is 5.82 Å². The fourth-order valence-electron chi connectivity index (χ4n) is 6.35. The van der Waals surface area contributed by atoms with E-state index in [1.807, 2.05) is 68.4 Å². The molecule has 2 aliphatic rings. The van der Waals surface area contributed by atoms with Crippen LogP contribution in [-0.4, -0.2) is 57.9 Å². The summed E-state index contributed by atoms with van der Waals surface area (Å²) in [5.74, 6) is -2.25. The summed E-state index contributed by atoms with van der Waals surface area (Å²) in [6.07, 6.45) is 4.36. The normalized spacial score (nSPS) is 17.2. The summed E-state index contributed by atoms with van der Waals surface area (Å²) in [6.45, 7) is 4.68. The van der Waals surface area contributed by atoms with E-state index in [9.17, 15) is 24.4 Å². The fourth-order valence-corrected chi connectivity index (χ4v) is 6.80. The lowest BCUT2D eigenvalue weighted by atomic mass is 9.81. The summed E-state index contributed by atoms with van der Waals surface area (Å²) in [6, 6.07) is 24.2. The van der Waals surface area contributed by atoms with Crippen molar-refractivity contribution in [2.24, 2.45) is 22.9 Å². The molecule has 0 spiro atoms. The third kappa shape index (κ3) is 13.1. The lowest BCUT2D eigenvalue weighted by Gasteiger charge is -2.29. The summed E-state index contributed by atoms with van der Waals surface area (Å²) in [5.41, 5.74) is 8.04. The molecule has 4 aromatic rings. The van der Waals surface area contributed by atoms with Crippen LogP contribution in [0.25, 0.3) is 0 Å². The molecule has 2 aliphatic heterocycles. The number of anilines is 1. The van der Waals surface area contributed by atoms with Crippen LogP contribution in [0.15, 0.2) is 101 Å². The molecule has 306 valence electrons. The van der Waals surface area contributed by atoms with Crippen LogP contribution >= 0.6 is 12.0 Å². The molecule has 0 radical (unpaired) electrons. The largest absolute Gasteiger partial charge is 0.494 e. The number of carbonyl (C=O) groups excluding carboxylic acids is 4. The predicted molar refractivity (Wildman–Crippen MR) is 215 cm³/mol. The smallest absolute Gasteiger partial charge is 0.253 e. The molecule has 17 heteroatoms. The van der Waals surface area contributed by atoms with Gasteiger partial charge in [-0.25, -0.2) is 15.7 Å². The lowest BCUT2D eigenvalue weighted by Crippen LogP contribution is -2.51. The minimum Gasteiger partial charge on any atom is -0.494 e. The van der Waals surface area contributed by atoms with Gasteiger partial charge in [0, 0.05) is 42.1 Å². The Morgan fingerprint density at radius 1 is 0.983 bits per heavy atom. The molecule has 58 heavy (non-hydrogen) atoms. The molecule has 0 fully saturated rings. The molecule has 16 nitrogen and oxygen atoms in total. The Kier molecular flexibility index (Phi) is 16.6. The Bertz CT molecular complexity index is 2000. The van der Waals surface area contributed by atoms with Gasteiger partial charge in [-0.2, -0.15) is 5.10 Å². The van der Waals surface area contributed by atoms with E-state index >= 15 is 0 Å². The van der Waals surface area contributed by atoms with Crippen molar-refractivity contribution in [1.82, 2.24) is 26.4 Å². The minimum absolute atomic E-state index is 0.0695. The van der Waals surface area contributed by atoms with Crippen molar-refractivity contribution in [3.8, 4) is 5.75 Å². The van der Waals surface area contributed by atoms with E-state index in [2.05, 4.69) is 40.8 Å². The number of hydrazone groups is 1. The number of nitrogens with one attached hydrogen (secondary N) is 5. The van der Waals surface area contributed by atoms with Gasteiger partial charge < -0.3 is 20.7 Å². The molecule has 1 aromatic heterocycles. The first kappa shape index (κ1) is 43.3. The summed E-state index contributed by atoms with van der Waals surface area (Å²) in [5, 5.41) is 34.5. The predicted octanol–water partition coefficient (Wildman–Crippen LogP) is 5.19. The van der Waals surface area contributed by atoms with E-state index in [4.69, 9.17) is 9.99 Å². The van der Waals surface area contributed by atoms with E-state index in [-0.39, 0.29) is 31.3 Å². The van der Waals surface area contributed by atoms with Crippen LogP contribution in [0, 0.1) is 17.8 Å². The number of nitrogens with zero attached hydrogens (tertiary/aromatic N) is 2. The molecule has 2 bridgehead atoms. The molecular formula is C41H47N7O9S. The fraction of sp³-hybridized carbons (Fsp3) is 0.317. The van der Waals surface area contributed by atoms with Crippen LogP contribution < -0.4 is 31.6 Å². The number of benzene rings is 3. The number of pyridine rings is 1. The van der Waals surface area contributed by atoms with Crippen LogP contribution in [0.1, 0.15) is 65.7 Å². The molecule has 3 heterocycles. The number of amides is 4. The maximum Gasteiger partial charge on any atom is 0.253 e. The van der Waals surface area contributed by atoms with Gasteiger partial charge in [0.2, 0.25) is 17.7 Å². The van der Waals surface area contributed by atoms with Gasteiger partial charge in [0.1, 0.15) is 17.6 Å². The first-order valence-electron chi connectivity index (χ1n) is 18.7. The molecule has 0 saturated heterocycles. The number of rotatable bonds is 15. The Labute approximate surface area is 340 Å². The van der Waals surface area contributed by atoms with Crippen LogP contribution in [-0.2, 0) is 43.3 Å². The first-order valence-corrected chi connectivity index (χ1v) is 19.5. The van der Waals surface area contributed by atoms with Crippen molar-refractivity contribution in [3.05, 3.63) is 119 Å². The van der Waals surface area contributed by atoms with E-state index in [0.717, 1.165) is 28.7 Å². The van der Waals surface area contributed by atoms with Crippen LogP contribution in [0.3, 0.4) is 0 Å². The Morgan fingerprint density at radius 2 is 1.71 bits per heavy atom. The third-order valence-electron chi connectivity index (χ3n) is 9.34. The number of ether oxygens (including phenoxy) is 1. The van der Waals surface area contributed by atoms with E-state index in [1.165, 1.54) is 6.20 Å². The molecule has 3 atom stereocenters. The molecule has 4 amide bonds. The first-order chi connectivity index (χ1) is 28.1. The monoisotopic (exact) mass is 813 g/mol. The number of hydrogen-bond acceptors (Lipinski definition) is 13. The highest BCUT2D eigenvalue weighted by Gasteiger charge is 2.36. The Balaban J connectivity index is 1.15. The van der Waals surface area contributed by atoms with Gasteiger partial charge in [-0.15, -0.1) is 4.33 Å². The van der Waals surface area contributed by atoms with Gasteiger partial charge in [-0.3, -0.25) is 29.8 Å². The molecule has 6 rings (SSSR count). The average Bonchev–Trinajstić information content (AvgIpc) is 3.24. The number of carbonyl (C=O) groups is 4. The molecule has 0 saturated carbocycles. The van der Waals surface area contributed by atoms with Crippen molar-refractivity contribution in [2.75, 3.05) is 12.0 Å². The summed E-state index contributed by atoms with van der Waals surface area (Å²) >= 11 is 0.819. The molecule has 0 aliphatic carbocycles. The topological polar surface area (TPSA) is 222 Å². The van der Waals surface area contributed by atoms with Crippen molar-refractivity contribution >= 4 is 47.7 Å². The highest BCUT2D eigenvalue weighted by atomic mass is 32.2. The van der Waals surface area contributed by atoms with Crippen molar-refractivity contribution in [1.29, 1.82) is 0 Å². The molecule has 3 aromatic carbocycles. The number of hydrogen-bond donors (Lipinski definition) is 7. The highest BCUT2D eigenvalue weighted by Crippen LogP contribution is 2.27. The second kappa shape index (κ2) is 22.2. The Hall–Kier alpha value is -5.85. The summed E-state index contributed by atoms with van der Waals surface area (Å²) in [4.78, 5) is 58.0. The van der Waals surface area contributed by atoms with E-state index < -0.39 is 35.6 Å². The number of hydroxylamine groups is 1. The van der Waals surface area contributed by atoms with Gasteiger partial charge in [0.15, 0.2) is 0 Å². The number of fused-ring (bicyclic) bond motifs is 11. The average molecular weight is 814 g/mol. The van der Waals surface area contributed by atoms with Crippen LogP contribution in [0.2, 0.25) is 0 Å². The molecule has 0 unspecified atom stereocenters. The quantitative estimate of drug-likeness (QED) is 0.0271. The minimum atomic E-state index is -0.938. The lowest BCUT2D eigenvalue weighted by molar-refractivity contribution is -0.432. The van der Waals surface area contributed by atoms with Gasteiger partial charge in [0.25, 0.3) is 5.91 Å². The van der Waals surface area contributed by atoms with Gasteiger partial charge in [-0.1, -0.05) is 73.5 Å². The summed E-state index contributed by atoms with van der Waals surface area (Å²) < 4.78 is 10.3. The van der Waals surface area contributed by atoms with Crippen molar-refractivity contribution < 1.29 is 43.8 Å². The number of aromatic nitrogens is 1. The van der Waals surface area contributed by atoms with Gasteiger partial charge >= 0.3 is 0 Å². The molecular weight excluding hydrogens is 767 g/mol. The summed E-state index contributed by atoms with van der Waals surface area (Å²) in [7, 11) is 0. The third-order valence-corrected chi connectivity index (χ3v) is 10.0. The zero-order valence-corrected chi connectivity index (χ0v) is 32.9. The Morgan fingerprint density at radius 3 is 2.38 bits per heavy atom. The van der Waals surface area contributed by atoms with Gasteiger partial charge in [0.05, 0.1) is 36.3 Å². The van der Waals surface area contributed by atoms with Gasteiger partial charge in [-0.05, 0) is 72.2 Å². The molecule has 7 N–H and O–H groups in total. The highest BCUT2D eigenvalue weighted by molar-refractivity contribution is 7.94. The zero-order valence-electron chi connectivity index (χ0n) is 32.1. The van der Waals surface area contributed by atoms with Crippen molar-refractivity contribution in [3.63, 3.8) is 0 Å². The zero-order chi connectivity index (χ0) is 41.3. The second-order valence-corrected chi connectivity index (χ2v) is 14.7.